The summed E-state index contributed by atoms with van der Waals surface area (Å²) in [5.74, 6) is 1.57. The summed E-state index contributed by atoms with van der Waals surface area (Å²) >= 11 is 1.44. The van der Waals surface area contributed by atoms with Gasteiger partial charge in [0.1, 0.15) is 17.9 Å². The molecule has 0 saturated carbocycles. The summed E-state index contributed by atoms with van der Waals surface area (Å²) in [4.78, 5) is 17.8. The molecule has 29 heavy (non-hydrogen) atoms. The minimum atomic E-state index is -0.780. The third kappa shape index (κ3) is 3.99. The van der Waals surface area contributed by atoms with Crippen LogP contribution in [-0.2, 0) is 16.1 Å². The minimum Gasteiger partial charge on any atom is -0.492 e. The van der Waals surface area contributed by atoms with E-state index in [-0.39, 0.29) is 12.5 Å². The van der Waals surface area contributed by atoms with Gasteiger partial charge in [0, 0.05) is 13.7 Å². The Kier molecular flexibility index (Phi) is 5.82. The van der Waals surface area contributed by atoms with Crippen molar-refractivity contribution >= 4 is 27.5 Å². The molecular weight excluding hydrogens is 392 g/mol. The number of carbonyl (C=O) groups excluding carboxylic acids is 1. The molecule has 2 aromatic carbocycles. The van der Waals surface area contributed by atoms with Gasteiger partial charge in [0.15, 0.2) is 16.3 Å². The Hall–Kier alpha value is -2.84. The third-order valence-electron chi connectivity index (χ3n) is 4.47. The summed E-state index contributed by atoms with van der Waals surface area (Å²) in [6.45, 7) is 3.67. The standard InChI is InChI=1S/C21H22N2O5S/c1-3-26-16-9-6-10-18-19(16)23(11-12-25-2)21(29-18)22-20(24)17-13-27-14-7-4-5-8-15(14)28-17/h4-10,17H,3,11-13H2,1-2H3. The van der Waals surface area contributed by atoms with Gasteiger partial charge in [-0.25, -0.2) is 0 Å². The van der Waals surface area contributed by atoms with E-state index in [0.717, 1.165) is 16.0 Å². The highest BCUT2D eigenvalue weighted by Crippen LogP contribution is 2.31. The number of methoxy groups -OCH3 is 1. The number of aromatic nitrogens is 1. The van der Waals surface area contributed by atoms with Crippen LogP contribution in [0.25, 0.3) is 10.2 Å². The number of hydrogen-bond acceptors (Lipinski definition) is 6. The summed E-state index contributed by atoms with van der Waals surface area (Å²) in [5.41, 5.74) is 0.911. The predicted molar refractivity (Wildman–Crippen MR) is 110 cm³/mol. The van der Waals surface area contributed by atoms with Gasteiger partial charge in [-0.2, -0.15) is 4.99 Å². The van der Waals surface area contributed by atoms with Crippen molar-refractivity contribution < 1.29 is 23.7 Å². The van der Waals surface area contributed by atoms with Crippen molar-refractivity contribution in [1.82, 2.24) is 4.57 Å². The molecule has 1 unspecified atom stereocenters. The lowest BCUT2D eigenvalue weighted by molar-refractivity contribution is -0.127. The highest BCUT2D eigenvalue weighted by atomic mass is 32.1. The van der Waals surface area contributed by atoms with Crippen LogP contribution in [0.5, 0.6) is 17.2 Å². The van der Waals surface area contributed by atoms with E-state index in [0.29, 0.717) is 36.1 Å². The van der Waals surface area contributed by atoms with E-state index in [1.54, 1.807) is 13.2 Å². The van der Waals surface area contributed by atoms with Crippen molar-refractivity contribution in [3.8, 4) is 17.2 Å². The van der Waals surface area contributed by atoms with Gasteiger partial charge in [0.25, 0.3) is 5.91 Å². The number of ether oxygens (including phenoxy) is 4. The fraction of sp³-hybridized carbons (Fsp3) is 0.333. The summed E-state index contributed by atoms with van der Waals surface area (Å²) in [6.07, 6.45) is -0.780. The quantitative estimate of drug-likeness (QED) is 0.620. The molecule has 1 aliphatic heterocycles. The topological polar surface area (TPSA) is 71.3 Å². The molecule has 0 bridgehead atoms. The molecule has 0 saturated heterocycles. The molecule has 3 aromatic rings. The molecule has 0 N–H and O–H groups in total. The van der Waals surface area contributed by atoms with Gasteiger partial charge in [-0.1, -0.05) is 29.5 Å². The van der Waals surface area contributed by atoms with E-state index >= 15 is 0 Å². The fourth-order valence-electron chi connectivity index (χ4n) is 3.15. The van der Waals surface area contributed by atoms with Crippen molar-refractivity contribution in [1.29, 1.82) is 0 Å². The van der Waals surface area contributed by atoms with Crippen LogP contribution in [-0.4, -0.2) is 43.5 Å². The van der Waals surface area contributed by atoms with Gasteiger partial charge in [0.2, 0.25) is 6.10 Å². The molecule has 2 heterocycles. The molecule has 8 heteroatoms. The lowest BCUT2D eigenvalue weighted by atomic mass is 10.2. The lowest BCUT2D eigenvalue weighted by Crippen LogP contribution is -2.37. The van der Waals surface area contributed by atoms with E-state index in [1.807, 2.05) is 47.9 Å². The molecule has 0 aliphatic carbocycles. The second-order valence-electron chi connectivity index (χ2n) is 6.38. The SMILES string of the molecule is CCOc1cccc2sc(=NC(=O)C3COc4ccccc4O3)n(CCOC)c12. The molecule has 1 aliphatic rings. The second-order valence-corrected chi connectivity index (χ2v) is 7.39. The van der Waals surface area contributed by atoms with Crippen molar-refractivity contribution in [3.63, 3.8) is 0 Å². The van der Waals surface area contributed by atoms with Gasteiger partial charge in [-0.15, -0.1) is 0 Å². The minimum absolute atomic E-state index is 0.131. The summed E-state index contributed by atoms with van der Waals surface area (Å²) in [5, 5.41) is 0. The first-order valence-corrected chi connectivity index (χ1v) is 10.2. The largest absolute Gasteiger partial charge is 0.492 e. The number of amides is 1. The molecule has 7 nitrogen and oxygen atoms in total. The number of benzene rings is 2. The van der Waals surface area contributed by atoms with Gasteiger partial charge in [-0.3, -0.25) is 4.79 Å². The number of thiazole rings is 1. The average Bonchev–Trinajstić information content (AvgIpc) is 3.10. The Morgan fingerprint density at radius 1 is 1.24 bits per heavy atom. The zero-order valence-corrected chi connectivity index (χ0v) is 17.1. The van der Waals surface area contributed by atoms with Gasteiger partial charge >= 0.3 is 0 Å². The van der Waals surface area contributed by atoms with Crippen LogP contribution < -0.4 is 19.0 Å². The Labute approximate surface area is 172 Å². The molecule has 1 amide bonds. The Balaban J connectivity index is 1.71. The number of carbonyl (C=O) groups is 1. The molecule has 152 valence electrons. The Morgan fingerprint density at radius 3 is 2.86 bits per heavy atom. The van der Waals surface area contributed by atoms with E-state index in [2.05, 4.69) is 4.99 Å². The highest BCUT2D eigenvalue weighted by molar-refractivity contribution is 7.16. The van der Waals surface area contributed by atoms with Crippen LogP contribution in [0.3, 0.4) is 0 Å². The fourth-order valence-corrected chi connectivity index (χ4v) is 4.23. The van der Waals surface area contributed by atoms with Crippen molar-refractivity contribution in [2.45, 2.75) is 19.6 Å². The zero-order valence-electron chi connectivity index (χ0n) is 16.3. The first-order chi connectivity index (χ1) is 14.2. The Morgan fingerprint density at radius 2 is 2.07 bits per heavy atom. The average molecular weight is 414 g/mol. The number of hydrogen-bond donors (Lipinski definition) is 0. The van der Waals surface area contributed by atoms with Crippen molar-refractivity contribution in [2.24, 2.45) is 4.99 Å². The highest BCUT2D eigenvalue weighted by Gasteiger charge is 2.27. The van der Waals surface area contributed by atoms with Gasteiger partial charge in [-0.05, 0) is 31.2 Å². The number of fused-ring (bicyclic) bond motifs is 2. The van der Waals surface area contributed by atoms with Crippen LogP contribution in [0.4, 0.5) is 0 Å². The molecule has 0 fully saturated rings. The van der Waals surface area contributed by atoms with E-state index < -0.39 is 6.10 Å². The van der Waals surface area contributed by atoms with Crippen molar-refractivity contribution in [3.05, 3.63) is 47.3 Å². The lowest BCUT2D eigenvalue weighted by Gasteiger charge is -2.23. The van der Waals surface area contributed by atoms with Crippen LogP contribution >= 0.6 is 11.3 Å². The van der Waals surface area contributed by atoms with E-state index in [4.69, 9.17) is 18.9 Å². The summed E-state index contributed by atoms with van der Waals surface area (Å²) in [7, 11) is 1.64. The molecular formula is C21H22N2O5S. The van der Waals surface area contributed by atoms with Crippen LogP contribution in [0.2, 0.25) is 0 Å². The molecule has 1 atom stereocenters. The summed E-state index contributed by atoms with van der Waals surface area (Å²) < 4.78 is 25.4. The van der Waals surface area contributed by atoms with Gasteiger partial charge < -0.3 is 23.5 Å². The van der Waals surface area contributed by atoms with Crippen LogP contribution in [0.15, 0.2) is 47.5 Å². The first-order valence-electron chi connectivity index (χ1n) is 9.42. The third-order valence-corrected chi connectivity index (χ3v) is 5.52. The maximum atomic E-state index is 12.8. The van der Waals surface area contributed by atoms with Gasteiger partial charge in [0.05, 0.1) is 17.9 Å². The second kappa shape index (κ2) is 8.67. The number of nitrogens with zero attached hydrogens (tertiary/aromatic N) is 2. The maximum Gasteiger partial charge on any atom is 0.292 e. The zero-order chi connectivity index (χ0) is 20.2. The molecule has 0 spiro atoms. The van der Waals surface area contributed by atoms with E-state index in [9.17, 15) is 4.79 Å². The smallest absolute Gasteiger partial charge is 0.292 e. The predicted octanol–water partition coefficient (Wildman–Crippen LogP) is 3.02. The van der Waals surface area contributed by atoms with E-state index in [1.165, 1.54) is 11.3 Å². The first kappa shape index (κ1) is 19.5. The Bertz CT molecular complexity index is 1090. The number of para-hydroxylation sites is 3. The monoisotopic (exact) mass is 414 g/mol. The molecule has 1 aromatic heterocycles. The normalized spacial score (nSPS) is 16.2. The number of rotatable bonds is 6. The molecule has 0 radical (unpaired) electrons. The van der Waals surface area contributed by atoms with Crippen molar-refractivity contribution in [2.75, 3.05) is 26.9 Å². The van der Waals surface area contributed by atoms with Crippen LogP contribution in [0, 0.1) is 0 Å². The summed E-state index contributed by atoms with van der Waals surface area (Å²) in [6, 6.07) is 13.1. The van der Waals surface area contributed by atoms with Crippen LogP contribution in [0.1, 0.15) is 6.92 Å². The maximum absolute atomic E-state index is 12.8. The molecule has 4 rings (SSSR count).